The molecule has 7 heteroatoms. The number of anilines is 1. The number of carbonyl (C=O) groups is 1. The number of amides is 1. The van der Waals surface area contributed by atoms with Crippen LogP contribution in [0.1, 0.15) is 51.3 Å². The Morgan fingerprint density at radius 3 is 2.41 bits per heavy atom. The van der Waals surface area contributed by atoms with Crippen molar-refractivity contribution in [3.63, 3.8) is 0 Å². The van der Waals surface area contributed by atoms with Crippen molar-refractivity contribution < 1.29 is 23.1 Å². The molecule has 1 aliphatic heterocycles. The number of nitrogens with zero attached hydrogens (tertiary/aromatic N) is 1. The van der Waals surface area contributed by atoms with Crippen LogP contribution in [-0.2, 0) is 6.61 Å². The van der Waals surface area contributed by atoms with Crippen molar-refractivity contribution in [1.82, 2.24) is 0 Å². The van der Waals surface area contributed by atoms with Crippen molar-refractivity contribution in [1.29, 1.82) is 0 Å². The molecule has 1 unspecified atom stereocenters. The van der Waals surface area contributed by atoms with Gasteiger partial charge in [-0.15, -0.1) is 0 Å². The van der Waals surface area contributed by atoms with Crippen LogP contribution in [0.2, 0.25) is 0 Å². The van der Waals surface area contributed by atoms with Crippen molar-refractivity contribution in [2.24, 2.45) is 0 Å². The monoisotopic (exact) mass is 549 g/mol. The Hall–Kier alpha value is -4.91. The molecule has 0 N–H and O–H groups in total. The molecule has 0 spiro atoms. The maximum atomic E-state index is 14.2. The second kappa shape index (κ2) is 10.6. The fourth-order valence-corrected chi connectivity index (χ4v) is 5.22. The molecule has 0 saturated carbocycles. The van der Waals surface area contributed by atoms with Crippen LogP contribution in [0, 0.1) is 19.7 Å². The quantitative estimate of drug-likeness (QED) is 0.213. The van der Waals surface area contributed by atoms with Gasteiger partial charge in [0.05, 0.1) is 23.6 Å². The number of halogens is 1. The first-order valence-electron chi connectivity index (χ1n) is 13.5. The second-order valence-corrected chi connectivity index (χ2v) is 10.1. The van der Waals surface area contributed by atoms with Crippen LogP contribution in [0.25, 0.3) is 11.0 Å². The number of aryl methyl sites for hydroxylation is 2. The summed E-state index contributed by atoms with van der Waals surface area (Å²) in [4.78, 5) is 29.4. The topological polar surface area (TPSA) is 69.0 Å². The van der Waals surface area contributed by atoms with E-state index >= 15 is 0 Å². The van der Waals surface area contributed by atoms with Gasteiger partial charge in [0.1, 0.15) is 18.0 Å². The van der Waals surface area contributed by atoms with Crippen molar-refractivity contribution >= 4 is 22.6 Å². The molecule has 6 rings (SSSR count). The first-order valence-corrected chi connectivity index (χ1v) is 13.5. The average molecular weight is 550 g/mol. The minimum atomic E-state index is -0.828. The number of ether oxygens (including phenoxy) is 2. The lowest BCUT2D eigenvalue weighted by Crippen LogP contribution is -2.29. The fraction of sp³-hybridized carbons (Fsp3) is 0.176. The first-order chi connectivity index (χ1) is 19.9. The summed E-state index contributed by atoms with van der Waals surface area (Å²) in [5, 5.41) is 0.0799. The highest BCUT2D eigenvalue weighted by atomic mass is 19.1. The smallest absolute Gasteiger partial charge is 0.295 e. The van der Waals surface area contributed by atoms with Crippen LogP contribution in [0.15, 0.2) is 94.1 Å². The Kier molecular flexibility index (Phi) is 6.79. The van der Waals surface area contributed by atoms with Gasteiger partial charge in [0.2, 0.25) is 5.76 Å². The molecule has 0 fully saturated rings. The SMILES string of the molecule is CCOc1cc(C2c3c(oc4ccc(F)cc4c3=O)C(=O)N2c2ccc(C)c(C)c2)ccc1OCc1ccccc1. The summed E-state index contributed by atoms with van der Waals surface area (Å²) in [6, 6.07) is 23.8. The largest absolute Gasteiger partial charge is 0.490 e. The maximum Gasteiger partial charge on any atom is 0.295 e. The van der Waals surface area contributed by atoms with Crippen molar-refractivity contribution in [3.8, 4) is 11.5 Å². The standard InChI is InChI=1S/C34H28FNO5/c1-4-39-29-17-23(11-14-28(29)40-19-22-8-6-5-7-9-22)31-30-32(37)26-18-24(35)12-15-27(26)41-33(30)34(38)36(31)25-13-10-20(2)21(3)16-25/h5-18,31H,4,19H2,1-3H3. The third kappa shape index (κ3) is 4.73. The summed E-state index contributed by atoms with van der Waals surface area (Å²) >= 11 is 0. The van der Waals surface area contributed by atoms with E-state index < -0.39 is 23.2 Å². The van der Waals surface area contributed by atoms with Gasteiger partial charge in [-0.3, -0.25) is 14.5 Å². The molecular weight excluding hydrogens is 521 g/mol. The minimum absolute atomic E-state index is 0.0558. The van der Waals surface area contributed by atoms with E-state index in [1.165, 1.54) is 12.1 Å². The van der Waals surface area contributed by atoms with Crippen molar-refractivity contribution in [2.45, 2.75) is 33.4 Å². The molecule has 1 aromatic heterocycles. The lowest BCUT2D eigenvalue weighted by atomic mass is 9.97. The van der Waals surface area contributed by atoms with Crippen LogP contribution in [-0.4, -0.2) is 12.5 Å². The van der Waals surface area contributed by atoms with E-state index in [-0.39, 0.29) is 22.3 Å². The van der Waals surface area contributed by atoms with E-state index in [4.69, 9.17) is 13.9 Å². The van der Waals surface area contributed by atoms with E-state index in [2.05, 4.69) is 0 Å². The summed E-state index contributed by atoms with van der Waals surface area (Å²) in [6.45, 7) is 6.57. The Morgan fingerprint density at radius 2 is 1.66 bits per heavy atom. The third-order valence-corrected chi connectivity index (χ3v) is 7.42. The average Bonchev–Trinajstić information content (AvgIpc) is 3.27. The molecule has 5 aromatic rings. The molecule has 0 bridgehead atoms. The van der Waals surface area contributed by atoms with Crippen molar-refractivity contribution in [2.75, 3.05) is 11.5 Å². The van der Waals surface area contributed by atoms with Gasteiger partial charge in [0.15, 0.2) is 16.9 Å². The number of benzene rings is 4. The van der Waals surface area contributed by atoms with Crippen molar-refractivity contribution in [3.05, 3.63) is 135 Å². The van der Waals surface area contributed by atoms with Gasteiger partial charge in [-0.25, -0.2) is 4.39 Å². The predicted octanol–water partition coefficient (Wildman–Crippen LogP) is 7.28. The highest BCUT2D eigenvalue weighted by Gasteiger charge is 2.44. The van der Waals surface area contributed by atoms with Crippen LogP contribution in [0.3, 0.4) is 0 Å². The highest BCUT2D eigenvalue weighted by molar-refractivity contribution is 6.10. The summed E-state index contributed by atoms with van der Waals surface area (Å²) in [6.07, 6.45) is 0. The summed E-state index contributed by atoms with van der Waals surface area (Å²) in [5.74, 6) is -0.0405. The molecule has 1 amide bonds. The molecule has 206 valence electrons. The minimum Gasteiger partial charge on any atom is -0.490 e. The number of fused-ring (bicyclic) bond motifs is 2. The zero-order valence-corrected chi connectivity index (χ0v) is 22.9. The lowest BCUT2D eigenvalue weighted by Gasteiger charge is -2.26. The summed E-state index contributed by atoms with van der Waals surface area (Å²) < 4.78 is 32.2. The summed E-state index contributed by atoms with van der Waals surface area (Å²) in [7, 11) is 0. The van der Waals surface area contributed by atoms with Gasteiger partial charge in [-0.1, -0.05) is 42.5 Å². The number of hydrogen-bond donors (Lipinski definition) is 0. The van der Waals surface area contributed by atoms with Crippen LogP contribution >= 0.6 is 0 Å². The molecule has 0 aliphatic carbocycles. The van der Waals surface area contributed by atoms with Crippen LogP contribution < -0.4 is 19.8 Å². The number of rotatable bonds is 7. The first kappa shape index (κ1) is 26.3. The normalized spacial score (nSPS) is 14.4. The van der Waals surface area contributed by atoms with E-state index in [0.717, 1.165) is 22.8 Å². The Balaban J connectivity index is 1.51. The molecule has 1 aliphatic rings. The Labute approximate surface area is 236 Å². The lowest BCUT2D eigenvalue weighted by molar-refractivity contribution is 0.0971. The van der Waals surface area contributed by atoms with Crippen LogP contribution in [0.4, 0.5) is 10.1 Å². The molecule has 41 heavy (non-hydrogen) atoms. The number of hydrogen-bond acceptors (Lipinski definition) is 5. The van der Waals surface area contributed by atoms with E-state index in [1.807, 2.05) is 75.4 Å². The van der Waals surface area contributed by atoms with Crippen LogP contribution in [0.5, 0.6) is 11.5 Å². The van der Waals surface area contributed by atoms with Gasteiger partial charge in [-0.05, 0) is 85.5 Å². The second-order valence-electron chi connectivity index (χ2n) is 10.1. The van der Waals surface area contributed by atoms with Gasteiger partial charge < -0.3 is 13.9 Å². The highest BCUT2D eigenvalue weighted by Crippen LogP contribution is 2.43. The molecule has 0 saturated heterocycles. The van der Waals surface area contributed by atoms with E-state index in [1.54, 1.807) is 17.0 Å². The Bertz CT molecular complexity index is 1850. The molecule has 4 aromatic carbocycles. The van der Waals surface area contributed by atoms with Gasteiger partial charge in [0.25, 0.3) is 5.91 Å². The maximum absolute atomic E-state index is 14.2. The van der Waals surface area contributed by atoms with E-state index in [9.17, 15) is 14.0 Å². The van der Waals surface area contributed by atoms with E-state index in [0.29, 0.717) is 36.0 Å². The molecule has 2 heterocycles. The molecule has 6 nitrogen and oxygen atoms in total. The predicted molar refractivity (Wildman–Crippen MR) is 155 cm³/mol. The van der Waals surface area contributed by atoms with Gasteiger partial charge >= 0.3 is 0 Å². The fourth-order valence-electron chi connectivity index (χ4n) is 5.22. The zero-order chi connectivity index (χ0) is 28.7. The molecular formula is C34H28FNO5. The van der Waals surface area contributed by atoms with Gasteiger partial charge in [0, 0.05) is 5.69 Å². The Morgan fingerprint density at radius 1 is 0.854 bits per heavy atom. The molecule has 0 radical (unpaired) electrons. The summed E-state index contributed by atoms with van der Waals surface area (Å²) in [5.41, 5.74) is 4.19. The number of carbonyl (C=O) groups excluding carboxylic acids is 1. The zero-order valence-electron chi connectivity index (χ0n) is 22.9. The third-order valence-electron chi connectivity index (χ3n) is 7.42. The van der Waals surface area contributed by atoms with Gasteiger partial charge in [-0.2, -0.15) is 0 Å². The molecule has 1 atom stereocenters.